The second-order valence-corrected chi connectivity index (χ2v) is 8.99. The largest absolute Gasteiger partial charge is 1.00 e. The fourth-order valence-electron chi connectivity index (χ4n) is 4.70. The molecule has 0 aromatic heterocycles. The van der Waals surface area contributed by atoms with Gasteiger partial charge >= 0.3 is 0 Å². The number of nitrogens with one attached hydrogen (secondary N) is 1. The minimum absolute atomic E-state index is 0. The summed E-state index contributed by atoms with van der Waals surface area (Å²) in [6.45, 7) is 4.43. The maximum absolute atomic E-state index is 11.6. The molecule has 4 nitrogen and oxygen atoms in total. The van der Waals surface area contributed by atoms with Crippen LogP contribution in [0.25, 0.3) is 0 Å². The first kappa shape index (κ1) is 22.6. The zero-order chi connectivity index (χ0) is 20.1. The topological polar surface area (TPSA) is 38.3 Å². The highest BCUT2D eigenvalue weighted by Crippen LogP contribution is 2.28. The third-order valence-electron chi connectivity index (χ3n) is 6.61. The van der Waals surface area contributed by atoms with Crippen LogP contribution < -0.4 is 22.5 Å². The van der Waals surface area contributed by atoms with Crippen molar-refractivity contribution in [3.8, 4) is 5.75 Å². The number of ether oxygens (including phenoxy) is 1. The number of carbonyl (C=O) groups is 1. The summed E-state index contributed by atoms with van der Waals surface area (Å²) in [6, 6.07) is 17.0. The third kappa shape index (κ3) is 5.99. The molecule has 5 heteroatoms. The van der Waals surface area contributed by atoms with E-state index in [0.29, 0.717) is 6.42 Å². The molecule has 1 N–H and O–H groups in total. The van der Waals surface area contributed by atoms with Gasteiger partial charge in [-0.1, -0.05) is 36.4 Å². The predicted octanol–water partition coefficient (Wildman–Crippen LogP) is 1.44. The van der Waals surface area contributed by atoms with Crippen LogP contribution in [0.15, 0.2) is 48.5 Å². The van der Waals surface area contributed by atoms with Crippen molar-refractivity contribution in [1.82, 2.24) is 0 Å². The average Bonchev–Trinajstić information content (AvgIpc) is 2.74. The molecule has 2 heterocycles. The summed E-state index contributed by atoms with van der Waals surface area (Å²) >= 11 is 0. The van der Waals surface area contributed by atoms with Crippen LogP contribution in [-0.4, -0.2) is 43.7 Å². The molecule has 2 aromatic carbocycles. The van der Waals surface area contributed by atoms with E-state index < -0.39 is 0 Å². The number of piperidine rings is 1. The molecule has 0 unspecified atom stereocenters. The number of anilines is 1. The van der Waals surface area contributed by atoms with Crippen LogP contribution >= 0.6 is 0 Å². The molecular weight excluding hydrogens is 396 g/mol. The quantitative estimate of drug-likeness (QED) is 0.535. The van der Waals surface area contributed by atoms with Gasteiger partial charge < -0.3 is 26.9 Å². The first-order valence-electron chi connectivity index (χ1n) is 11.0. The van der Waals surface area contributed by atoms with Crippen molar-refractivity contribution in [2.45, 2.75) is 38.5 Å². The minimum atomic E-state index is 0. The van der Waals surface area contributed by atoms with Crippen molar-refractivity contribution in [2.24, 2.45) is 5.92 Å². The number of rotatable bonds is 7. The van der Waals surface area contributed by atoms with Crippen LogP contribution in [0.5, 0.6) is 5.75 Å². The smallest absolute Gasteiger partial charge is 0.224 e. The Morgan fingerprint density at radius 3 is 2.60 bits per heavy atom. The van der Waals surface area contributed by atoms with Gasteiger partial charge in [-0.15, -0.1) is 0 Å². The van der Waals surface area contributed by atoms with Crippen molar-refractivity contribution in [3.63, 3.8) is 0 Å². The average molecular weight is 429 g/mol. The highest BCUT2D eigenvalue weighted by atomic mass is 35.5. The van der Waals surface area contributed by atoms with Gasteiger partial charge in [-0.05, 0) is 48.8 Å². The second-order valence-electron chi connectivity index (χ2n) is 8.99. The number of nitrogens with zero attached hydrogens (tertiary/aromatic N) is 1. The minimum Gasteiger partial charge on any atom is -1.00 e. The molecule has 0 saturated carbocycles. The number of hydrogen-bond acceptors (Lipinski definition) is 2. The van der Waals surface area contributed by atoms with Crippen LogP contribution in [0.4, 0.5) is 5.69 Å². The molecule has 162 valence electrons. The molecule has 0 bridgehead atoms. The first-order valence-corrected chi connectivity index (χ1v) is 11.0. The SMILES string of the molecule is C[N+]1(CCCOc2ccc3c(c2)NC(=O)CC3)CCC(Cc2ccccc2)CC1.[Cl-]. The van der Waals surface area contributed by atoms with Crippen LogP contribution in [-0.2, 0) is 17.6 Å². The lowest BCUT2D eigenvalue weighted by molar-refractivity contribution is -0.915. The van der Waals surface area contributed by atoms with E-state index in [1.165, 1.54) is 50.0 Å². The van der Waals surface area contributed by atoms with Crippen molar-refractivity contribution >= 4 is 11.6 Å². The van der Waals surface area contributed by atoms with E-state index in [2.05, 4.69) is 48.8 Å². The number of benzene rings is 2. The molecule has 2 aromatic rings. The summed E-state index contributed by atoms with van der Waals surface area (Å²) < 4.78 is 7.14. The lowest BCUT2D eigenvalue weighted by Gasteiger charge is -2.40. The van der Waals surface area contributed by atoms with Crippen LogP contribution in [0.3, 0.4) is 0 Å². The Bertz CT molecular complexity index is 832. The van der Waals surface area contributed by atoms with Crippen LogP contribution in [0.2, 0.25) is 0 Å². The number of halogens is 1. The fraction of sp³-hybridized carbons (Fsp3) is 0.480. The van der Waals surface area contributed by atoms with E-state index in [9.17, 15) is 4.79 Å². The Kier molecular flexibility index (Phi) is 7.79. The van der Waals surface area contributed by atoms with Gasteiger partial charge in [0.1, 0.15) is 5.75 Å². The van der Waals surface area contributed by atoms with Crippen molar-refractivity contribution in [2.75, 3.05) is 38.6 Å². The number of amides is 1. The molecule has 1 saturated heterocycles. The van der Waals surface area contributed by atoms with Crippen LogP contribution in [0.1, 0.15) is 36.8 Å². The Morgan fingerprint density at radius 2 is 1.83 bits per heavy atom. The summed E-state index contributed by atoms with van der Waals surface area (Å²) in [5, 5.41) is 2.95. The Balaban J connectivity index is 0.00000256. The highest BCUT2D eigenvalue weighted by molar-refractivity contribution is 5.94. The third-order valence-corrected chi connectivity index (χ3v) is 6.61. The highest BCUT2D eigenvalue weighted by Gasteiger charge is 2.29. The number of likely N-dealkylation sites (tertiary alicyclic amines) is 1. The van der Waals surface area contributed by atoms with Gasteiger partial charge in [-0.25, -0.2) is 0 Å². The molecule has 0 spiro atoms. The summed E-state index contributed by atoms with van der Waals surface area (Å²) in [5.74, 6) is 1.78. The molecule has 30 heavy (non-hydrogen) atoms. The molecule has 4 rings (SSSR count). The van der Waals surface area contributed by atoms with Gasteiger partial charge in [-0.3, -0.25) is 4.79 Å². The van der Waals surface area contributed by atoms with Gasteiger partial charge in [0, 0.05) is 24.6 Å². The Morgan fingerprint density at radius 1 is 1.07 bits per heavy atom. The van der Waals surface area contributed by atoms with E-state index in [0.717, 1.165) is 41.3 Å². The van der Waals surface area contributed by atoms with Gasteiger partial charge in [0.05, 0.1) is 33.3 Å². The lowest BCUT2D eigenvalue weighted by Crippen LogP contribution is -3.00. The summed E-state index contributed by atoms with van der Waals surface area (Å²) in [6.07, 6.45) is 6.31. The monoisotopic (exact) mass is 428 g/mol. The molecule has 1 amide bonds. The maximum atomic E-state index is 11.6. The van der Waals surface area contributed by atoms with Crippen LogP contribution in [0, 0.1) is 5.92 Å². The van der Waals surface area contributed by atoms with E-state index in [4.69, 9.17) is 4.74 Å². The first-order chi connectivity index (χ1) is 14.1. The zero-order valence-corrected chi connectivity index (χ0v) is 18.7. The van der Waals surface area contributed by atoms with Crippen molar-refractivity contribution in [1.29, 1.82) is 0 Å². The maximum Gasteiger partial charge on any atom is 0.224 e. The fourth-order valence-corrected chi connectivity index (χ4v) is 4.70. The molecule has 1 fully saturated rings. The van der Waals surface area contributed by atoms with E-state index >= 15 is 0 Å². The summed E-state index contributed by atoms with van der Waals surface area (Å²) in [7, 11) is 2.40. The van der Waals surface area contributed by atoms with Gasteiger partial charge in [-0.2, -0.15) is 0 Å². The molecule has 2 aliphatic heterocycles. The van der Waals surface area contributed by atoms with E-state index in [1.807, 2.05) is 12.1 Å². The van der Waals surface area contributed by atoms with Gasteiger partial charge in [0.25, 0.3) is 0 Å². The second kappa shape index (κ2) is 10.3. The summed E-state index contributed by atoms with van der Waals surface area (Å²) in [5.41, 5.74) is 3.59. The van der Waals surface area contributed by atoms with Crippen molar-refractivity contribution in [3.05, 3.63) is 59.7 Å². The van der Waals surface area contributed by atoms with Crippen molar-refractivity contribution < 1.29 is 26.4 Å². The zero-order valence-electron chi connectivity index (χ0n) is 17.9. The summed E-state index contributed by atoms with van der Waals surface area (Å²) in [4.78, 5) is 11.6. The number of carbonyl (C=O) groups excluding carboxylic acids is 1. The molecule has 0 radical (unpaired) electrons. The molecular formula is C25H33ClN2O2. The number of fused-ring (bicyclic) bond motifs is 1. The Labute approximate surface area is 186 Å². The normalized spacial score (nSPS) is 23.1. The standard InChI is InChI=1S/C25H32N2O2.ClH/c1-27(15-12-21(13-16-27)18-20-6-3-2-4-7-20)14-5-17-29-23-10-8-22-9-11-25(28)26-24(22)19-23;/h2-4,6-8,10,19,21H,5,9,11-18H2,1H3;1H. The van der Waals surface area contributed by atoms with Gasteiger partial charge in [0.2, 0.25) is 5.91 Å². The molecule has 0 aliphatic carbocycles. The lowest BCUT2D eigenvalue weighted by atomic mass is 9.89. The Hall–Kier alpha value is -2.04. The number of quaternary nitrogens is 1. The number of aryl methyl sites for hydroxylation is 1. The predicted molar refractivity (Wildman–Crippen MR) is 117 cm³/mol. The van der Waals surface area contributed by atoms with E-state index in [1.54, 1.807) is 0 Å². The molecule has 2 aliphatic rings. The van der Waals surface area contributed by atoms with Gasteiger partial charge in [0.15, 0.2) is 0 Å². The molecule has 0 atom stereocenters. The number of hydrogen-bond donors (Lipinski definition) is 1. The van der Waals surface area contributed by atoms with E-state index in [-0.39, 0.29) is 18.3 Å².